The Morgan fingerprint density at radius 3 is 2.75 bits per heavy atom. The number of rotatable bonds is 6. The van der Waals surface area contributed by atoms with Gasteiger partial charge in [0.15, 0.2) is 0 Å². The molecule has 4 heteroatoms. The fraction of sp³-hybridized carbons (Fsp3) is 0.500. The highest BCUT2D eigenvalue weighted by atomic mass is 16.5. The third kappa shape index (κ3) is 4.18. The molecule has 0 radical (unpaired) electrons. The summed E-state index contributed by atoms with van der Waals surface area (Å²) in [5.74, 6) is 0. The molecule has 1 rings (SSSR count). The summed E-state index contributed by atoms with van der Waals surface area (Å²) in [5, 5.41) is 9.84. The Kier molecular flexibility index (Phi) is 5.25. The highest BCUT2D eigenvalue weighted by Gasteiger charge is 2.10. The molecule has 16 heavy (non-hydrogen) atoms. The van der Waals surface area contributed by atoms with Gasteiger partial charge in [0.2, 0.25) is 0 Å². The SMILES string of the molecule is COCC(C)OCC(O)c1cccc(N)c1. The molecule has 1 aromatic rings. The lowest BCUT2D eigenvalue weighted by atomic mass is 10.1. The van der Waals surface area contributed by atoms with Gasteiger partial charge in [-0.15, -0.1) is 0 Å². The van der Waals surface area contributed by atoms with Crippen LogP contribution in [0.2, 0.25) is 0 Å². The molecule has 0 saturated carbocycles. The highest BCUT2D eigenvalue weighted by Crippen LogP contribution is 2.16. The van der Waals surface area contributed by atoms with Crippen LogP contribution in [0.1, 0.15) is 18.6 Å². The quantitative estimate of drug-likeness (QED) is 0.717. The molecule has 90 valence electrons. The van der Waals surface area contributed by atoms with E-state index in [-0.39, 0.29) is 12.7 Å². The third-order valence-corrected chi connectivity index (χ3v) is 2.24. The van der Waals surface area contributed by atoms with E-state index >= 15 is 0 Å². The minimum absolute atomic E-state index is 0.0271. The van der Waals surface area contributed by atoms with Crippen LogP contribution in [0.25, 0.3) is 0 Å². The Morgan fingerprint density at radius 1 is 1.38 bits per heavy atom. The molecule has 0 bridgehead atoms. The van der Waals surface area contributed by atoms with Crippen molar-refractivity contribution in [2.24, 2.45) is 0 Å². The Bertz CT molecular complexity index is 317. The molecule has 0 aliphatic carbocycles. The van der Waals surface area contributed by atoms with Crippen molar-refractivity contribution in [3.05, 3.63) is 29.8 Å². The molecule has 0 aliphatic rings. The van der Waals surface area contributed by atoms with Gasteiger partial charge in [-0.3, -0.25) is 0 Å². The van der Waals surface area contributed by atoms with Gasteiger partial charge in [0.25, 0.3) is 0 Å². The van der Waals surface area contributed by atoms with Gasteiger partial charge in [0.05, 0.1) is 19.3 Å². The smallest absolute Gasteiger partial charge is 0.102 e. The van der Waals surface area contributed by atoms with Gasteiger partial charge in [-0.05, 0) is 24.6 Å². The van der Waals surface area contributed by atoms with E-state index < -0.39 is 6.10 Å². The minimum atomic E-state index is -0.650. The first-order valence-electron chi connectivity index (χ1n) is 5.27. The van der Waals surface area contributed by atoms with E-state index in [2.05, 4.69) is 0 Å². The molecular formula is C12H19NO3. The lowest BCUT2D eigenvalue weighted by Gasteiger charge is -2.16. The second-order valence-electron chi connectivity index (χ2n) is 3.79. The minimum Gasteiger partial charge on any atom is -0.399 e. The van der Waals surface area contributed by atoms with Crippen molar-refractivity contribution in [3.63, 3.8) is 0 Å². The summed E-state index contributed by atoms with van der Waals surface area (Å²) in [7, 11) is 1.62. The molecule has 0 saturated heterocycles. The second kappa shape index (κ2) is 6.48. The van der Waals surface area contributed by atoms with E-state index in [4.69, 9.17) is 15.2 Å². The largest absolute Gasteiger partial charge is 0.399 e. The number of methoxy groups -OCH3 is 1. The fourth-order valence-corrected chi connectivity index (χ4v) is 1.40. The van der Waals surface area contributed by atoms with E-state index in [0.717, 1.165) is 5.56 Å². The van der Waals surface area contributed by atoms with Crippen molar-refractivity contribution in [2.75, 3.05) is 26.1 Å². The van der Waals surface area contributed by atoms with Crippen molar-refractivity contribution < 1.29 is 14.6 Å². The summed E-state index contributed by atoms with van der Waals surface area (Å²) < 4.78 is 10.4. The average Bonchev–Trinajstić information content (AvgIpc) is 2.26. The van der Waals surface area contributed by atoms with E-state index in [9.17, 15) is 5.11 Å². The molecule has 4 nitrogen and oxygen atoms in total. The number of nitrogens with two attached hydrogens (primary N) is 1. The molecule has 2 atom stereocenters. The summed E-state index contributed by atoms with van der Waals surface area (Å²) in [6.45, 7) is 2.66. The predicted octanol–water partition coefficient (Wildman–Crippen LogP) is 1.35. The summed E-state index contributed by atoms with van der Waals surface area (Å²) in [4.78, 5) is 0. The number of anilines is 1. The van der Waals surface area contributed by atoms with E-state index in [1.54, 1.807) is 19.2 Å². The van der Waals surface area contributed by atoms with Crippen LogP contribution >= 0.6 is 0 Å². The maximum absolute atomic E-state index is 9.84. The maximum Gasteiger partial charge on any atom is 0.102 e. The zero-order valence-corrected chi connectivity index (χ0v) is 9.72. The zero-order chi connectivity index (χ0) is 12.0. The fourth-order valence-electron chi connectivity index (χ4n) is 1.40. The van der Waals surface area contributed by atoms with Gasteiger partial charge >= 0.3 is 0 Å². The van der Waals surface area contributed by atoms with Gasteiger partial charge in [0.1, 0.15) is 6.10 Å². The normalized spacial score (nSPS) is 14.7. The van der Waals surface area contributed by atoms with E-state index in [1.165, 1.54) is 0 Å². The van der Waals surface area contributed by atoms with Crippen LogP contribution in [0.4, 0.5) is 5.69 Å². The van der Waals surface area contributed by atoms with Crippen LogP contribution in [0.5, 0.6) is 0 Å². The lowest BCUT2D eigenvalue weighted by molar-refractivity contribution is -0.0325. The predicted molar refractivity (Wildman–Crippen MR) is 63.1 cm³/mol. The summed E-state index contributed by atoms with van der Waals surface area (Å²) in [5.41, 5.74) is 7.04. The van der Waals surface area contributed by atoms with Crippen LogP contribution < -0.4 is 5.73 Å². The number of hydrogen-bond donors (Lipinski definition) is 2. The first kappa shape index (κ1) is 13.0. The average molecular weight is 225 g/mol. The number of aliphatic hydroxyl groups excluding tert-OH is 1. The molecule has 0 spiro atoms. The molecule has 0 aliphatic heterocycles. The number of hydrogen-bond acceptors (Lipinski definition) is 4. The molecule has 3 N–H and O–H groups in total. The standard InChI is InChI=1S/C12H19NO3/c1-9(7-15-2)16-8-12(14)10-4-3-5-11(13)6-10/h3-6,9,12,14H,7-8,13H2,1-2H3. The molecule has 0 fully saturated rings. The molecule has 0 amide bonds. The van der Waals surface area contributed by atoms with E-state index in [1.807, 2.05) is 19.1 Å². The maximum atomic E-state index is 9.84. The molecule has 2 unspecified atom stereocenters. The monoisotopic (exact) mass is 225 g/mol. The van der Waals surface area contributed by atoms with Gasteiger partial charge in [-0.2, -0.15) is 0 Å². The molecular weight excluding hydrogens is 206 g/mol. The Hall–Kier alpha value is -1.10. The van der Waals surface area contributed by atoms with Gasteiger partial charge in [-0.1, -0.05) is 12.1 Å². The van der Waals surface area contributed by atoms with Crippen LogP contribution in [-0.2, 0) is 9.47 Å². The van der Waals surface area contributed by atoms with Gasteiger partial charge in [0, 0.05) is 12.8 Å². The number of aliphatic hydroxyl groups is 1. The second-order valence-corrected chi connectivity index (χ2v) is 3.79. The third-order valence-electron chi connectivity index (χ3n) is 2.24. The number of benzene rings is 1. The first-order chi connectivity index (χ1) is 7.63. The number of ether oxygens (including phenoxy) is 2. The van der Waals surface area contributed by atoms with Crippen molar-refractivity contribution in [3.8, 4) is 0 Å². The summed E-state index contributed by atoms with van der Waals surface area (Å²) in [6, 6.07) is 7.16. The Balaban J connectivity index is 2.43. The molecule has 0 aromatic heterocycles. The summed E-state index contributed by atoms with van der Waals surface area (Å²) in [6.07, 6.45) is -0.677. The zero-order valence-electron chi connectivity index (χ0n) is 9.72. The molecule has 1 aromatic carbocycles. The molecule has 0 heterocycles. The van der Waals surface area contributed by atoms with Crippen molar-refractivity contribution in [1.29, 1.82) is 0 Å². The number of nitrogen functional groups attached to an aromatic ring is 1. The Labute approximate surface area is 96.0 Å². The van der Waals surface area contributed by atoms with Crippen molar-refractivity contribution in [2.45, 2.75) is 19.1 Å². The van der Waals surface area contributed by atoms with Gasteiger partial charge in [-0.25, -0.2) is 0 Å². The summed E-state index contributed by atoms with van der Waals surface area (Å²) >= 11 is 0. The Morgan fingerprint density at radius 2 is 2.12 bits per heavy atom. The van der Waals surface area contributed by atoms with Gasteiger partial charge < -0.3 is 20.3 Å². The van der Waals surface area contributed by atoms with Crippen molar-refractivity contribution >= 4 is 5.69 Å². The van der Waals surface area contributed by atoms with Crippen LogP contribution in [0, 0.1) is 0 Å². The van der Waals surface area contributed by atoms with Crippen LogP contribution in [0.15, 0.2) is 24.3 Å². The van der Waals surface area contributed by atoms with E-state index in [0.29, 0.717) is 12.3 Å². The van der Waals surface area contributed by atoms with Crippen molar-refractivity contribution in [1.82, 2.24) is 0 Å². The van der Waals surface area contributed by atoms with Crippen LogP contribution in [0.3, 0.4) is 0 Å². The lowest BCUT2D eigenvalue weighted by Crippen LogP contribution is -2.18. The van der Waals surface area contributed by atoms with Crippen LogP contribution in [-0.4, -0.2) is 31.5 Å². The first-order valence-corrected chi connectivity index (χ1v) is 5.27. The topological polar surface area (TPSA) is 64.7 Å². The highest BCUT2D eigenvalue weighted by molar-refractivity contribution is 5.41.